The molecule has 0 saturated heterocycles. The first-order chi connectivity index (χ1) is 8.58. The number of hydrogen-bond acceptors (Lipinski definition) is 3. The van der Waals surface area contributed by atoms with Gasteiger partial charge in [0.25, 0.3) is 5.91 Å². The number of phenols is 1. The number of benzene rings is 1. The molecule has 0 aliphatic rings. The van der Waals surface area contributed by atoms with E-state index in [1.54, 1.807) is 36.5 Å². The van der Waals surface area contributed by atoms with Gasteiger partial charge in [0, 0.05) is 10.4 Å². The molecule has 2 N–H and O–H groups in total. The molecule has 1 aromatic carbocycles. The molecule has 0 aliphatic carbocycles. The van der Waals surface area contributed by atoms with Crippen molar-refractivity contribution in [1.82, 2.24) is 5.32 Å². The van der Waals surface area contributed by atoms with Crippen LogP contribution in [-0.4, -0.2) is 11.0 Å². The summed E-state index contributed by atoms with van der Waals surface area (Å²) >= 11 is 1.64. The molecule has 18 heavy (non-hydrogen) atoms. The molecule has 0 bridgehead atoms. The second kappa shape index (κ2) is 5.23. The zero-order valence-corrected chi connectivity index (χ0v) is 11.2. The Hall–Kier alpha value is -1.81. The van der Waals surface area contributed by atoms with E-state index in [4.69, 9.17) is 0 Å². The van der Waals surface area contributed by atoms with Crippen LogP contribution in [0.15, 0.2) is 29.6 Å². The Kier molecular flexibility index (Phi) is 3.67. The van der Waals surface area contributed by atoms with Gasteiger partial charge in [-0.25, -0.2) is 0 Å². The highest BCUT2D eigenvalue weighted by Gasteiger charge is 2.08. The number of phenolic OH excluding ortho intramolecular Hbond substituents is 1. The first-order valence-corrected chi connectivity index (χ1v) is 6.56. The number of aromatic hydroxyl groups is 1. The summed E-state index contributed by atoms with van der Waals surface area (Å²) < 4.78 is 0. The Morgan fingerprint density at radius 2 is 2.06 bits per heavy atom. The van der Waals surface area contributed by atoms with Gasteiger partial charge in [-0.1, -0.05) is 0 Å². The van der Waals surface area contributed by atoms with Gasteiger partial charge in [-0.2, -0.15) is 0 Å². The predicted molar refractivity (Wildman–Crippen MR) is 73.1 cm³/mol. The average Bonchev–Trinajstić information content (AvgIpc) is 2.75. The quantitative estimate of drug-likeness (QED) is 0.892. The van der Waals surface area contributed by atoms with Gasteiger partial charge < -0.3 is 10.4 Å². The molecule has 94 valence electrons. The molecule has 4 heteroatoms. The largest absolute Gasteiger partial charge is 0.508 e. The van der Waals surface area contributed by atoms with Crippen molar-refractivity contribution in [3.8, 4) is 5.75 Å². The fourth-order valence-electron chi connectivity index (χ4n) is 1.64. The van der Waals surface area contributed by atoms with Crippen molar-refractivity contribution in [2.75, 3.05) is 0 Å². The van der Waals surface area contributed by atoms with Gasteiger partial charge in [0.05, 0.1) is 6.54 Å². The van der Waals surface area contributed by atoms with E-state index in [1.165, 1.54) is 10.4 Å². The van der Waals surface area contributed by atoms with Crippen LogP contribution in [0.1, 0.15) is 26.4 Å². The summed E-state index contributed by atoms with van der Waals surface area (Å²) in [5.74, 6) is 0.0894. The number of aryl methyl sites for hydroxylation is 2. The van der Waals surface area contributed by atoms with Gasteiger partial charge in [-0.05, 0) is 54.6 Å². The molecule has 1 aromatic heterocycles. The number of carbonyl (C=O) groups is 1. The summed E-state index contributed by atoms with van der Waals surface area (Å²) in [6, 6.07) is 6.89. The Bertz CT molecular complexity index is 575. The standard InChI is InChI=1S/C14H15NO2S/c1-9-5-6-18-13(9)8-15-14(17)11-3-4-12(16)10(2)7-11/h3-7,16H,8H2,1-2H3,(H,15,17). The number of nitrogens with one attached hydrogen (secondary N) is 1. The smallest absolute Gasteiger partial charge is 0.251 e. The van der Waals surface area contributed by atoms with Gasteiger partial charge in [0.15, 0.2) is 0 Å². The summed E-state index contributed by atoms with van der Waals surface area (Å²) in [4.78, 5) is 13.1. The molecule has 0 radical (unpaired) electrons. The Balaban J connectivity index is 2.04. The van der Waals surface area contributed by atoms with Crippen LogP contribution < -0.4 is 5.32 Å². The Morgan fingerprint density at radius 1 is 1.28 bits per heavy atom. The second-order valence-electron chi connectivity index (χ2n) is 4.21. The monoisotopic (exact) mass is 261 g/mol. The number of carbonyl (C=O) groups excluding carboxylic acids is 1. The fraction of sp³-hybridized carbons (Fsp3) is 0.214. The number of hydrogen-bond donors (Lipinski definition) is 2. The van der Waals surface area contributed by atoms with E-state index >= 15 is 0 Å². The summed E-state index contributed by atoms with van der Waals surface area (Å²) in [6.07, 6.45) is 0. The van der Waals surface area contributed by atoms with Crippen molar-refractivity contribution in [2.24, 2.45) is 0 Å². The van der Waals surface area contributed by atoms with Crippen LogP contribution in [0.25, 0.3) is 0 Å². The van der Waals surface area contributed by atoms with Crippen LogP contribution in [0, 0.1) is 13.8 Å². The van der Waals surface area contributed by atoms with E-state index in [0.717, 1.165) is 0 Å². The molecular weight excluding hydrogens is 246 g/mol. The normalized spacial score (nSPS) is 10.3. The van der Waals surface area contributed by atoms with E-state index in [0.29, 0.717) is 17.7 Å². The van der Waals surface area contributed by atoms with Gasteiger partial charge >= 0.3 is 0 Å². The number of rotatable bonds is 3. The SMILES string of the molecule is Cc1cc(C(=O)NCc2sccc2C)ccc1O. The lowest BCUT2D eigenvalue weighted by atomic mass is 10.1. The molecule has 0 spiro atoms. The van der Waals surface area contributed by atoms with Gasteiger partial charge in [-0.15, -0.1) is 11.3 Å². The Labute approximate surface area is 110 Å². The number of thiophene rings is 1. The van der Waals surface area contributed by atoms with Crippen LogP contribution in [-0.2, 0) is 6.54 Å². The van der Waals surface area contributed by atoms with Crippen molar-refractivity contribution >= 4 is 17.2 Å². The maximum atomic E-state index is 11.9. The lowest BCUT2D eigenvalue weighted by Gasteiger charge is -2.06. The lowest BCUT2D eigenvalue weighted by molar-refractivity contribution is 0.0951. The Morgan fingerprint density at radius 3 is 2.67 bits per heavy atom. The highest BCUT2D eigenvalue weighted by atomic mass is 32.1. The third kappa shape index (κ3) is 2.71. The molecule has 0 saturated carbocycles. The maximum absolute atomic E-state index is 11.9. The minimum atomic E-state index is -0.120. The summed E-state index contributed by atoms with van der Waals surface area (Å²) in [5.41, 5.74) is 2.47. The second-order valence-corrected chi connectivity index (χ2v) is 5.21. The summed E-state index contributed by atoms with van der Waals surface area (Å²) in [5, 5.41) is 14.3. The van der Waals surface area contributed by atoms with E-state index in [9.17, 15) is 9.90 Å². The highest BCUT2D eigenvalue weighted by molar-refractivity contribution is 7.10. The molecule has 0 atom stereocenters. The molecule has 0 fully saturated rings. The van der Waals surface area contributed by atoms with Crippen LogP contribution in [0.2, 0.25) is 0 Å². The molecule has 0 unspecified atom stereocenters. The molecule has 1 amide bonds. The third-order valence-electron chi connectivity index (χ3n) is 2.84. The van der Waals surface area contributed by atoms with Crippen LogP contribution in [0.4, 0.5) is 0 Å². The van der Waals surface area contributed by atoms with Gasteiger partial charge in [-0.3, -0.25) is 4.79 Å². The predicted octanol–water partition coefficient (Wildman–Crippen LogP) is 3.00. The molecular formula is C14H15NO2S. The molecule has 2 aromatic rings. The minimum Gasteiger partial charge on any atom is -0.508 e. The van der Waals surface area contributed by atoms with Crippen molar-refractivity contribution < 1.29 is 9.90 Å². The summed E-state index contributed by atoms with van der Waals surface area (Å²) in [6.45, 7) is 4.35. The maximum Gasteiger partial charge on any atom is 0.251 e. The zero-order chi connectivity index (χ0) is 13.1. The molecule has 2 rings (SSSR count). The van der Waals surface area contributed by atoms with Gasteiger partial charge in [0.2, 0.25) is 0 Å². The van der Waals surface area contributed by atoms with Crippen molar-refractivity contribution in [3.05, 3.63) is 51.2 Å². The minimum absolute atomic E-state index is 0.120. The zero-order valence-electron chi connectivity index (χ0n) is 10.4. The van der Waals surface area contributed by atoms with Crippen molar-refractivity contribution in [2.45, 2.75) is 20.4 Å². The summed E-state index contributed by atoms with van der Waals surface area (Å²) in [7, 11) is 0. The van der Waals surface area contributed by atoms with E-state index < -0.39 is 0 Å². The van der Waals surface area contributed by atoms with Gasteiger partial charge in [0.1, 0.15) is 5.75 Å². The topological polar surface area (TPSA) is 49.3 Å². The van der Waals surface area contributed by atoms with E-state index in [-0.39, 0.29) is 11.7 Å². The van der Waals surface area contributed by atoms with E-state index in [1.807, 2.05) is 18.4 Å². The highest BCUT2D eigenvalue weighted by Crippen LogP contribution is 2.18. The van der Waals surface area contributed by atoms with Crippen molar-refractivity contribution in [1.29, 1.82) is 0 Å². The van der Waals surface area contributed by atoms with Crippen LogP contribution in [0.3, 0.4) is 0 Å². The molecule has 3 nitrogen and oxygen atoms in total. The first-order valence-electron chi connectivity index (χ1n) is 5.68. The van der Waals surface area contributed by atoms with Crippen molar-refractivity contribution in [3.63, 3.8) is 0 Å². The van der Waals surface area contributed by atoms with Crippen LogP contribution >= 0.6 is 11.3 Å². The molecule has 0 aliphatic heterocycles. The molecule has 1 heterocycles. The first kappa shape index (κ1) is 12.6. The van der Waals surface area contributed by atoms with Crippen LogP contribution in [0.5, 0.6) is 5.75 Å². The fourth-order valence-corrected chi connectivity index (χ4v) is 2.49. The lowest BCUT2D eigenvalue weighted by Crippen LogP contribution is -2.22. The van der Waals surface area contributed by atoms with E-state index in [2.05, 4.69) is 5.32 Å². The number of amides is 1. The average molecular weight is 261 g/mol. The third-order valence-corrected chi connectivity index (χ3v) is 3.86.